The van der Waals surface area contributed by atoms with Crippen LogP contribution in [-0.4, -0.2) is 10.8 Å². The van der Waals surface area contributed by atoms with Gasteiger partial charge >= 0.3 is 0 Å². The van der Waals surface area contributed by atoms with Gasteiger partial charge in [-0.25, -0.2) is 13.2 Å². The molecule has 0 aromatic heterocycles. The summed E-state index contributed by atoms with van der Waals surface area (Å²) in [7, 11) is 0. The third-order valence-corrected chi connectivity index (χ3v) is 3.70. The van der Waals surface area contributed by atoms with Crippen LogP contribution in [0.25, 0.3) is 0 Å². The van der Waals surface area contributed by atoms with E-state index in [0.717, 1.165) is 11.8 Å². The Kier molecular flexibility index (Phi) is 2.84. The summed E-state index contributed by atoms with van der Waals surface area (Å²) < 4.78 is 40.0. The van der Waals surface area contributed by atoms with Crippen molar-refractivity contribution >= 4 is 5.91 Å². The van der Waals surface area contributed by atoms with Gasteiger partial charge in [0, 0.05) is 23.7 Å². The Morgan fingerprint density at radius 3 is 2.58 bits per heavy atom. The maximum atomic E-state index is 13.8. The van der Waals surface area contributed by atoms with Gasteiger partial charge in [-0.15, -0.1) is 0 Å². The second-order valence-electron chi connectivity index (χ2n) is 4.84. The van der Waals surface area contributed by atoms with E-state index in [1.807, 2.05) is 6.08 Å². The quantitative estimate of drug-likeness (QED) is 0.714. The molecule has 19 heavy (non-hydrogen) atoms. The Morgan fingerprint density at radius 1 is 1.05 bits per heavy atom. The van der Waals surface area contributed by atoms with Gasteiger partial charge in [-0.05, 0) is 25.3 Å². The lowest BCUT2D eigenvalue weighted by Crippen LogP contribution is -2.31. The Hall–Kier alpha value is -1.78. The zero-order valence-corrected chi connectivity index (χ0v) is 10.1. The predicted molar refractivity (Wildman–Crippen MR) is 62.5 cm³/mol. The molecule has 0 N–H and O–H groups in total. The number of carbonyl (C=O) groups is 1. The number of carbonyl (C=O) groups excluding carboxylic acids is 1. The van der Waals surface area contributed by atoms with E-state index in [2.05, 4.69) is 0 Å². The normalized spacial score (nSPS) is 22.5. The molecule has 0 aliphatic carbocycles. The van der Waals surface area contributed by atoms with E-state index >= 15 is 0 Å². The monoisotopic (exact) mass is 267 g/mol. The third-order valence-electron chi connectivity index (χ3n) is 3.70. The van der Waals surface area contributed by atoms with E-state index in [4.69, 9.17) is 0 Å². The molecule has 2 heterocycles. The summed E-state index contributed by atoms with van der Waals surface area (Å²) in [5.41, 5.74) is 0.919. The molecule has 1 amide bonds. The van der Waals surface area contributed by atoms with Crippen molar-refractivity contribution in [1.82, 2.24) is 4.90 Å². The van der Waals surface area contributed by atoms with Gasteiger partial charge in [-0.2, -0.15) is 0 Å². The number of hydrogen-bond acceptors (Lipinski definition) is 1. The molecule has 3 rings (SSSR count). The van der Waals surface area contributed by atoms with Crippen LogP contribution in [0.5, 0.6) is 0 Å². The van der Waals surface area contributed by atoms with E-state index in [9.17, 15) is 18.0 Å². The minimum Gasteiger partial charge on any atom is -0.309 e. The molecule has 2 nitrogen and oxygen atoms in total. The summed E-state index contributed by atoms with van der Waals surface area (Å²) in [6, 6.07) is 0.884. The van der Waals surface area contributed by atoms with Gasteiger partial charge < -0.3 is 4.90 Å². The zero-order chi connectivity index (χ0) is 13.6. The Labute approximate surface area is 108 Å². The van der Waals surface area contributed by atoms with Gasteiger partial charge in [-0.3, -0.25) is 4.79 Å². The van der Waals surface area contributed by atoms with Crippen molar-refractivity contribution in [3.05, 3.63) is 46.9 Å². The maximum absolute atomic E-state index is 13.8. The Bertz CT molecular complexity index is 582. The second-order valence-corrected chi connectivity index (χ2v) is 4.84. The van der Waals surface area contributed by atoms with Crippen molar-refractivity contribution in [1.29, 1.82) is 0 Å². The molecule has 1 fully saturated rings. The van der Waals surface area contributed by atoms with E-state index in [1.165, 1.54) is 4.90 Å². The lowest BCUT2D eigenvalue weighted by Gasteiger charge is -2.29. The predicted octanol–water partition coefficient (Wildman–Crippen LogP) is 3.45. The van der Waals surface area contributed by atoms with Crippen molar-refractivity contribution in [2.24, 2.45) is 0 Å². The fourth-order valence-electron chi connectivity index (χ4n) is 2.84. The maximum Gasteiger partial charge on any atom is 0.227 e. The Balaban J connectivity index is 2.03. The highest BCUT2D eigenvalue weighted by atomic mass is 19.2. The van der Waals surface area contributed by atoms with Crippen molar-refractivity contribution < 1.29 is 18.0 Å². The molecule has 1 unspecified atom stereocenters. The summed E-state index contributed by atoms with van der Waals surface area (Å²) in [6.07, 6.45) is 4.23. The molecule has 1 aromatic rings. The standard InChI is InChI=1S/C14H12F3NO/c15-10-7-12(17)11(16)6-9(10)13-5-4-8-2-1-3-14(19)18(8)13/h2,6-7,13H,1,3-5H2. The molecule has 0 radical (unpaired) electrons. The minimum absolute atomic E-state index is 0.0533. The zero-order valence-electron chi connectivity index (χ0n) is 10.1. The average Bonchev–Trinajstić information content (AvgIpc) is 2.79. The van der Waals surface area contributed by atoms with Crippen LogP contribution in [0.3, 0.4) is 0 Å². The molecule has 1 aromatic carbocycles. The van der Waals surface area contributed by atoms with E-state index in [-0.39, 0.29) is 11.5 Å². The number of amides is 1. The van der Waals surface area contributed by atoms with E-state index in [1.54, 1.807) is 0 Å². The van der Waals surface area contributed by atoms with Gasteiger partial charge in [0.25, 0.3) is 0 Å². The summed E-state index contributed by atoms with van der Waals surface area (Å²) in [5, 5.41) is 0. The van der Waals surface area contributed by atoms with Crippen LogP contribution in [0.4, 0.5) is 13.2 Å². The van der Waals surface area contributed by atoms with E-state index in [0.29, 0.717) is 31.7 Å². The molecule has 0 spiro atoms. The number of hydrogen-bond donors (Lipinski definition) is 0. The first-order valence-corrected chi connectivity index (χ1v) is 6.23. The smallest absolute Gasteiger partial charge is 0.227 e. The first-order valence-electron chi connectivity index (χ1n) is 6.23. The molecule has 2 aliphatic heterocycles. The summed E-state index contributed by atoms with van der Waals surface area (Å²) in [6.45, 7) is 0. The molecule has 0 saturated carbocycles. The molecular weight excluding hydrogens is 255 g/mol. The van der Waals surface area contributed by atoms with Crippen LogP contribution >= 0.6 is 0 Å². The Morgan fingerprint density at radius 2 is 1.79 bits per heavy atom. The van der Waals surface area contributed by atoms with Gasteiger partial charge in [0.2, 0.25) is 5.91 Å². The number of nitrogens with zero attached hydrogens (tertiary/aromatic N) is 1. The number of fused-ring (bicyclic) bond motifs is 1. The van der Waals surface area contributed by atoms with Crippen LogP contribution in [-0.2, 0) is 4.79 Å². The van der Waals surface area contributed by atoms with Crippen LogP contribution < -0.4 is 0 Å². The number of rotatable bonds is 1. The fraction of sp³-hybridized carbons (Fsp3) is 0.357. The van der Waals surface area contributed by atoms with Crippen LogP contribution in [0, 0.1) is 17.5 Å². The van der Waals surface area contributed by atoms with Crippen LogP contribution in [0.2, 0.25) is 0 Å². The largest absolute Gasteiger partial charge is 0.309 e. The van der Waals surface area contributed by atoms with Crippen molar-refractivity contribution in [3.63, 3.8) is 0 Å². The lowest BCUT2D eigenvalue weighted by molar-refractivity contribution is -0.131. The van der Waals surface area contributed by atoms with Crippen molar-refractivity contribution in [2.45, 2.75) is 31.7 Å². The van der Waals surface area contributed by atoms with Gasteiger partial charge in [-0.1, -0.05) is 6.08 Å². The molecule has 100 valence electrons. The van der Waals surface area contributed by atoms with Crippen LogP contribution in [0.1, 0.15) is 37.3 Å². The number of halogens is 3. The van der Waals surface area contributed by atoms with Crippen molar-refractivity contribution in [2.75, 3.05) is 0 Å². The first kappa shape index (κ1) is 12.3. The average molecular weight is 267 g/mol. The van der Waals surface area contributed by atoms with E-state index < -0.39 is 23.5 Å². The fourth-order valence-corrected chi connectivity index (χ4v) is 2.84. The summed E-state index contributed by atoms with van der Waals surface area (Å²) in [5.74, 6) is -3.18. The number of allylic oxidation sites excluding steroid dienone is 2. The summed E-state index contributed by atoms with van der Waals surface area (Å²) in [4.78, 5) is 13.4. The molecule has 1 saturated heterocycles. The van der Waals surface area contributed by atoms with Crippen LogP contribution in [0.15, 0.2) is 23.9 Å². The molecule has 1 atom stereocenters. The van der Waals surface area contributed by atoms with Gasteiger partial charge in [0.15, 0.2) is 11.6 Å². The summed E-state index contributed by atoms with van der Waals surface area (Å²) >= 11 is 0. The second kappa shape index (κ2) is 4.40. The highest BCUT2D eigenvalue weighted by Crippen LogP contribution is 2.42. The molecule has 2 aliphatic rings. The molecular formula is C14H12F3NO. The highest BCUT2D eigenvalue weighted by Gasteiger charge is 2.37. The number of benzene rings is 1. The third kappa shape index (κ3) is 1.93. The first-order chi connectivity index (χ1) is 9.08. The van der Waals surface area contributed by atoms with Gasteiger partial charge in [0.1, 0.15) is 5.82 Å². The molecule has 0 bridgehead atoms. The SMILES string of the molecule is O=C1CCC=C2CCC(c3cc(F)c(F)cc3F)N12. The van der Waals surface area contributed by atoms with Gasteiger partial charge in [0.05, 0.1) is 6.04 Å². The lowest BCUT2D eigenvalue weighted by atomic mass is 10.0. The molecule has 5 heteroatoms. The van der Waals surface area contributed by atoms with Crippen molar-refractivity contribution in [3.8, 4) is 0 Å². The topological polar surface area (TPSA) is 20.3 Å². The minimum atomic E-state index is -1.21. The highest BCUT2D eigenvalue weighted by molar-refractivity contribution is 5.80.